The van der Waals surface area contributed by atoms with Gasteiger partial charge in [0.05, 0.1) is 12.8 Å². The minimum absolute atomic E-state index is 0.0334. The predicted octanol–water partition coefficient (Wildman–Crippen LogP) is 4.92. The minimum atomic E-state index is -4.98. The lowest BCUT2D eigenvalue weighted by Crippen LogP contribution is -2.20. The van der Waals surface area contributed by atoms with Crippen molar-refractivity contribution < 1.29 is 31.1 Å². The van der Waals surface area contributed by atoms with Crippen molar-refractivity contribution in [3.63, 3.8) is 0 Å². The smallest absolute Gasteiger partial charge is 0.495 e. The van der Waals surface area contributed by atoms with Crippen LogP contribution >= 0.6 is 31.9 Å². The first-order chi connectivity index (χ1) is 11.5. The van der Waals surface area contributed by atoms with Crippen LogP contribution in [0.4, 0.5) is 18.9 Å². The molecule has 25 heavy (non-hydrogen) atoms. The summed E-state index contributed by atoms with van der Waals surface area (Å²) < 4.78 is 74.5. The zero-order valence-electron chi connectivity index (χ0n) is 12.4. The molecule has 5 nitrogen and oxygen atoms in total. The number of nitrogens with one attached hydrogen (secondary N) is 1. The average Bonchev–Trinajstić information content (AvgIpc) is 2.48. The molecule has 0 spiro atoms. The van der Waals surface area contributed by atoms with Crippen molar-refractivity contribution in [1.29, 1.82) is 0 Å². The maximum atomic E-state index is 12.6. The monoisotopic (exact) mass is 503 g/mol. The van der Waals surface area contributed by atoms with Crippen LogP contribution in [-0.4, -0.2) is 21.9 Å². The third-order valence-electron chi connectivity index (χ3n) is 2.83. The number of anilines is 1. The van der Waals surface area contributed by atoms with Crippen LogP contribution in [0.15, 0.2) is 50.2 Å². The number of rotatable bonds is 5. The molecule has 0 atom stereocenters. The summed E-state index contributed by atoms with van der Waals surface area (Å²) in [6, 6.07) is 7.77. The van der Waals surface area contributed by atoms with E-state index >= 15 is 0 Å². The quantitative estimate of drug-likeness (QED) is 0.627. The molecule has 0 amide bonds. The fraction of sp³-hybridized carbons (Fsp3) is 0.143. The lowest BCUT2D eigenvalue weighted by molar-refractivity contribution is -0.274. The van der Waals surface area contributed by atoms with E-state index in [0.29, 0.717) is 4.47 Å². The highest BCUT2D eigenvalue weighted by Gasteiger charge is 2.33. The largest absolute Gasteiger partial charge is 0.573 e. The van der Waals surface area contributed by atoms with Crippen LogP contribution in [0.1, 0.15) is 0 Å². The average molecular weight is 505 g/mol. The first kappa shape index (κ1) is 19.9. The predicted molar refractivity (Wildman–Crippen MR) is 92.3 cm³/mol. The summed E-state index contributed by atoms with van der Waals surface area (Å²) in [7, 11) is -2.96. The third-order valence-corrected chi connectivity index (χ3v) is 5.20. The minimum Gasteiger partial charge on any atom is -0.495 e. The molecule has 0 aliphatic carbocycles. The highest BCUT2D eigenvalue weighted by atomic mass is 79.9. The molecule has 0 fully saturated rings. The molecule has 0 aromatic heterocycles. The van der Waals surface area contributed by atoms with Gasteiger partial charge in [0.2, 0.25) is 0 Å². The Hall–Kier alpha value is -1.46. The summed E-state index contributed by atoms with van der Waals surface area (Å²) in [4.78, 5) is -0.245. The molecule has 0 saturated carbocycles. The van der Waals surface area contributed by atoms with Crippen LogP contribution in [0.2, 0.25) is 0 Å². The van der Waals surface area contributed by atoms with Crippen LogP contribution in [0.25, 0.3) is 0 Å². The second-order valence-electron chi connectivity index (χ2n) is 4.59. The third kappa shape index (κ3) is 5.25. The van der Waals surface area contributed by atoms with Gasteiger partial charge >= 0.3 is 6.36 Å². The first-order valence-corrected chi connectivity index (χ1v) is 9.50. The lowest BCUT2D eigenvalue weighted by Gasteiger charge is -2.16. The fourth-order valence-electron chi connectivity index (χ4n) is 1.85. The molecule has 2 aromatic rings. The molecular weight excluding hydrogens is 495 g/mol. The summed E-state index contributed by atoms with van der Waals surface area (Å²) >= 11 is 6.15. The molecule has 0 saturated heterocycles. The van der Waals surface area contributed by atoms with Crippen molar-refractivity contribution in [3.05, 3.63) is 45.3 Å². The second-order valence-corrected chi connectivity index (χ2v) is 8.07. The zero-order valence-corrected chi connectivity index (χ0v) is 16.4. The number of alkyl halides is 3. The van der Waals surface area contributed by atoms with Crippen LogP contribution in [0, 0.1) is 0 Å². The Kier molecular flexibility index (Phi) is 5.89. The van der Waals surface area contributed by atoms with Gasteiger partial charge in [0.1, 0.15) is 10.6 Å². The van der Waals surface area contributed by atoms with Crippen LogP contribution in [0.3, 0.4) is 0 Å². The van der Waals surface area contributed by atoms with E-state index in [1.165, 1.54) is 25.3 Å². The molecule has 136 valence electrons. The highest BCUT2D eigenvalue weighted by molar-refractivity contribution is 9.10. The van der Waals surface area contributed by atoms with Crippen LogP contribution in [-0.2, 0) is 10.0 Å². The molecule has 0 heterocycles. The normalized spacial score (nSPS) is 11.9. The lowest BCUT2D eigenvalue weighted by atomic mass is 10.3. The molecule has 11 heteroatoms. The van der Waals surface area contributed by atoms with Crippen molar-refractivity contribution in [2.24, 2.45) is 0 Å². The van der Waals surface area contributed by atoms with Gasteiger partial charge in [-0.3, -0.25) is 4.72 Å². The summed E-state index contributed by atoms with van der Waals surface area (Å²) in [5.74, 6) is -0.662. The number of halogens is 5. The van der Waals surface area contributed by atoms with Crippen molar-refractivity contribution in [3.8, 4) is 11.5 Å². The number of hydrogen-bond donors (Lipinski definition) is 1. The van der Waals surface area contributed by atoms with Crippen molar-refractivity contribution in [2.45, 2.75) is 11.3 Å². The number of hydrogen-bond acceptors (Lipinski definition) is 4. The van der Waals surface area contributed by atoms with Crippen LogP contribution < -0.4 is 14.2 Å². The Morgan fingerprint density at radius 3 is 2.20 bits per heavy atom. The molecular formula is C14H10Br2F3NO4S. The van der Waals surface area contributed by atoms with E-state index in [1.807, 2.05) is 0 Å². The SMILES string of the molecule is COc1ccc(Br)cc1S(=O)(=O)Nc1ccc(Br)cc1OC(F)(F)F. The molecule has 0 unspecified atom stereocenters. The van der Waals surface area contributed by atoms with E-state index in [1.54, 1.807) is 6.07 Å². The van der Waals surface area contributed by atoms with Gasteiger partial charge in [0.25, 0.3) is 10.0 Å². The van der Waals surface area contributed by atoms with Crippen molar-refractivity contribution in [2.75, 3.05) is 11.8 Å². The summed E-state index contributed by atoms with van der Waals surface area (Å²) in [5, 5.41) is 0. The van der Waals surface area contributed by atoms with Gasteiger partial charge in [-0.15, -0.1) is 13.2 Å². The molecule has 0 aliphatic heterocycles. The summed E-state index contributed by atoms with van der Waals surface area (Å²) in [6.07, 6.45) is -4.98. The maximum absolute atomic E-state index is 12.6. The van der Waals surface area contributed by atoms with Gasteiger partial charge in [-0.25, -0.2) is 8.42 Å². The van der Waals surface area contributed by atoms with Gasteiger partial charge in [0, 0.05) is 8.95 Å². The number of sulfonamides is 1. The molecule has 0 bridgehead atoms. The fourth-order valence-corrected chi connectivity index (χ4v) is 3.97. The van der Waals surface area contributed by atoms with Gasteiger partial charge < -0.3 is 9.47 Å². The molecule has 0 aliphatic rings. The Labute approximate surface area is 158 Å². The number of ether oxygens (including phenoxy) is 2. The maximum Gasteiger partial charge on any atom is 0.573 e. The Bertz CT molecular complexity index is 888. The van der Waals surface area contributed by atoms with Gasteiger partial charge in [-0.2, -0.15) is 0 Å². The Balaban J connectivity index is 2.47. The second kappa shape index (κ2) is 7.42. The van der Waals surface area contributed by atoms with Crippen molar-refractivity contribution in [1.82, 2.24) is 0 Å². The molecule has 2 rings (SSSR count). The van der Waals surface area contributed by atoms with E-state index in [9.17, 15) is 21.6 Å². The van der Waals surface area contributed by atoms with E-state index in [2.05, 4.69) is 41.3 Å². The summed E-state index contributed by atoms with van der Waals surface area (Å²) in [5.41, 5.74) is -0.373. The van der Waals surface area contributed by atoms with E-state index in [-0.39, 0.29) is 20.8 Å². The topological polar surface area (TPSA) is 64.6 Å². The Morgan fingerprint density at radius 1 is 1.00 bits per heavy atom. The molecule has 2 aromatic carbocycles. The number of benzene rings is 2. The van der Waals surface area contributed by atoms with E-state index < -0.39 is 22.1 Å². The number of methoxy groups -OCH3 is 1. The van der Waals surface area contributed by atoms with Gasteiger partial charge in [-0.05, 0) is 36.4 Å². The molecule has 1 N–H and O–H groups in total. The zero-order chi connectivity index (χ0) is 18.8. The van der Waals surface area contributed by atoms with Gasteiger partial charge in [0.15, 0.2) is 5.75 Å². The van der Waals surface area contributed by atoms with E-state index in [0.717, 1.165) is 12.1 Å². The standard InChI is InChI=1S/C14H10Br2F3NO4S/c1-23-11-5-3-9(16)7-13(11)25(21,22)20-10-4-2-8(15)6-12(10)24-14(17,18)19/h2-7,20H,1H3. The Morgan fingerprint density at radius 2 is 1.60 bits per heavy atom. The first-order valence-electron chi connectivity index (χ1n) is 6.43. The highest BCUT2D eigenvalue weighted by Crippen LogP contribution is 2.35. The van der Waals surface area contributed by atoms with Crippen LogP contribution in [0.5, 0.6) is 11.5 Å². The van der Waals surface area contributed by atoms with E-state index in [4.69, 9.17) is 4.74 Å². The van der Waals surface area contributed by atoms with Crippen molar-refractivity contribution >= 4 is 47.6 Å². The summed E-state index contributed by atoms with van der Waals surface area (Å²) in [6.45, 7) is 0. The molecule has 0 radical (unpaired) electrons. The van der Waals surface area contributed by atoms with Gasteiger partial charge in [-0.1, -0.05) is 31.9 Å².